The second-order valence-corrected chi connectivity index (χ2v) is 5.17. The van der Waals surface area contributed by atoms with Gasteiger partial charge in [0.05, 0.1) is 0 Å². The van der Waals surface area contributed by atoms with Crippen LogP contribution in [0, 0.1) is 0 Å². The zero-order valence-corrected chi connectivity index (χ0v) is 10.7. The molecule has 0 aromatic rings. The van der Waals surface area contributed by atoms with E-state index in [1.54, 1.807) is 6.92 Å². The molecule has 0 spiro atoms. The molecule has 4 heteroatoms. The van der Waals surface area contributed by atoms with Crippen molar-refractivity contribution in [2.24, 2.45) is 0 Å². The lowest BCUT2D eigenvalue weighted by Crippen LogP contribution is -2.60. The van der Waals surface area contributed by atoms with Crippen molar-refractivity contribution >= 4 is 5.91 Å². The maximum atomic E-state index is 11.3. The summed E-state index contributed by atoms with van der Waals surface area (Å²) in [6.45, 7) is 9.87. The summed E-state index contributed by atoms with van der Waals surface area (Å²) in [5, 5.41) is 8.77. The first-order valence-electron chi connectivity index (χ1n) is 6.09. The van der Waals surface area contributed by atoms with Crippen LogP contribution in [0.1, 0.15) is 33.6 Å². The molecule has 1 fully saturated rings. The summed E-state index contributed by atoms with van der Waals surface area (Å²) in [4.78, 5) is 15.7. The van der Waals surface area contributed by atoms with Crippen molar-refractivity contribution < 1.29 is 9.90 Å². The molecule has 0 atom stereocenters. The van der Waals surface area contributed by atoms with Gasteiger partial charge in [-0.2, -0.15) is 0 Å². The van der Waals surface area contributed by atoms with Crippen molar-refractivity contribution in [2.75, 3.05) is 32.8 Å². The number of carbonyl (C=O) groups excluding carboxylic acids is 1. The Bertz CT molecular complexity index is 241. The molecule has 1 amide bonds. The first-order chi connectivity index (χ1) is 7.47. The fourth-order valence-corrected chi connectivity index (χ4v) is 2.29. The highest BCUT2D eigenvalue weighted by Crippen LogP contribution is 2.21. The lowest BCUT2D eigenvalue weighted by molar-refractivity contribution is -0.133. The number of rotatable bonds is 4. The van der Waals surface area contributed by atoms with Gasteiger partial charge in [0.15, 0.2) is 0 Å². The van der Waals surface area contributed by atoms with Crippen LogP contribution in [0.2, 0.25) is 0 Å². The van der Waals surface area contributed by atoms with Crippen molar-refractivity contribution in [3.8, 4) is 0 Å². The Labute approximate surface area is 98.2 Å². The number of aliphatic hydroxyl groups is 1. The molecule has 16 heavy (non-hydrogen) atoms. The zero-order valence-electron chi connectivity index (χ0n) is 10.7. The van der Waals surface area contributed by atoms with Gasteiger partial charge < -0.3 is 10.0 Å². The quantitative estimate of drug-likeness (QED) is 0.720. The summed E-state index contributed by atoms with van der Waals surface area (Å²) in [6.07, 6.45) is 1.89. The van der Waals surface area contributed by atoms with E-state index in [0.717, 1.165) is 39.0 Å². The third kappa shape index (κ3) is 3.46. The monoisotopic (exact) mass is 228 g/mol. The van der Waals surface area contributed by atoms with Crippen LogP contribution >= 0.6 is 0 Å². The third-order valence-corrected chi connectivity index (χ3v) is 3.36. The molecule has 1 rings (SSSR count). The molecule has 1 aliphatic rings. The van der Waals surface area contributed by atoms with Gasteiger partial charge in [0.2, 0.25) is 5.91 Å². The highest BCUT2D eigenvalue weighted by molar-refractivity contribution is 5.73. The lowest BCUT2D eigenvalue weighted by atomic mass is 9.98. The second-order valence-electron chi connectivity index (χ2n) is 5.17. The minimum absolute atomic E-state index is 0.0549. The maximum Gasteiger partial charge on any atom is 0.219 e. The van der Waals surface area contributed by atoms with E-state index in [1.165, 1.54) is 0 Å². The number of amides is 1. The van der Waals surface area contributed by atoms with Gasteiger partial charge in [-0.3, -0.25) is 9.69 Å². The number of carbonyl (C=O) groups is 1. The van der Waals surface area contributed by atoms with Gasteiger partial charge in [-0.1, -0.05) is 0 Å². The number of unbranched alkanes of at least 4 members (excludes halogenated alkanes) is 1. The van der Waals surface area contributed by atoms with Crippen LogP contribution < -0.4 is 0 Å². The first-order valence-corrected chi connectivity index (χ1v) is 6.09. The molecule has 0 aromatic heterocycles. The molecule has 1 aliphatic heterocycles. The molecular weight excluding hydrogens is 204 g/mol. The molecule has 0 radical (unpaired) electrons. The molecule has 94 valence electrons. The van der Waals surface area contributed by atoms with Crippen LogP contribution in [0.15, 0.2) is 0 Å². The van der Waals surface area contributed by atoms with Gasteiger partial charge in [0.25, 0.3) is 0 Å². The first kappa shape index (κ1) is 13.5. The van der Waals surface area contributed by atoms with Crippen molar-refractivity contribution in [3.05, 3.63) is 0 Å². The number of aliphatic hydroxyl groups excluding tert-OH is 1. The Morgan fingerprint density at radius 1 is 1.31 bits per heavy atom. The summed E-state index contributed by atoms with van der Waals surface area (Å²) in [5.41, 5.74) is 0.0549. The summed E-state index contributed by atoms with van der Waals surface area (Å²) in [7, 11) is 0. The maximum absolute atomic E-state index is 11.3. The minimum Gasteiger partial charge on any atom is -0.396 e. The zero-order chi connectivity index (χ0) is 12.2. The molecule has 1 heterocycles. The van der Waals surface area contributed by atoms with E-state index in [9.17, 15) is 4.79 Å². The van der Waals surface area contributed by atoms with Crippen LogP contribution in [-0.4, -0.2) is 59.1 Å². The molecule has 0 aliphatic carbocycles. The van der Waals surface area contributed by atoms with Crippen molar-refractivity contribution in [1.82, 2.24) is 9.80 Å². The Kier molecular flexibility index (Phi) is 4.74. The molecule has 4 nitrogen and oxygen atoms in total. The van der Waals surface area contributed by atoms with Crippen molar-refractivity contribution in [2.45, 2.75) is 39.2 Å². The fourth-order valence-electron chi connectivity index (χ4n) is 2.29. The highest BCUT2D eigenvalue weighted by Gasteiger charge is 2.33. The Morgan fingerprint density at radius 3 is 2.50 bits per heavy atom. The summed E-state index contributed by atoms with van der Waals surface area (Å²) < 4.78 is 0. The average Bonchev–Trinajstić information content (AvgIpc) is 2.19. The highest BCUT2D eigenvalue weighted by atomic mass is 16.2. The van der Waals surface area contributed by atoms with Gasteiger partial charge >= 0.3 is 0 Å². The topological polar surface area (TPSA) is 43.8 Å². The Hall–Kier alpha value is -0.610. The van der Waals surface area contributed by atoms with E-state index in [0.29, 0.717) is 0 Å². The Balaban J connectivity index is 2.46. The van der Waals surface area contributed by atoms with Gasteiger partial charge in [-0.15, -0.1) is 0 Å². The van der Waals surface area contributed by atoms with E-state index in [4.69, 9.17) is 5.11 Å². The molecule has 0 aromatic carbocycles. The molecule has 1 saturated heterocycles. The SMILES string of the molecule is CC(=O)N1CCN(CCCCO)C(C)(C)C1. The minimum atomic E-state index is 0.0549. The predicted octanol–water partition coefficient (Wildman–Crippen LogP) is 0.702. The molecule has 0 bridgehead atoms. The van der Waals surface area contributed by atoms with Crippen LogP contribution in [0.25, 0.3) is 0 Å². The van der Waals surface area contributed by atoms with Crippen molar-refractivity contribution in [3.63, 3.8) is 0 Å². The number of hydrogen-bond acceptors (Lipinski definition) is 3. The van der Waals surface area contributed by atoms with Crippen LogP contribution in [-0.2, 0) is 4.79 Å². The van der Waals surface area contributed by atoms with Gasteiger partial charge in [-0.25, -0.2) is 0 Å². The van der Waals surface area contributed by atoms with Crippen molar-refractivity contribution in [1.29, 1.82) is 0 Å². The van der Waals surface area contributed by atoms with E-state index in [2.05, 4.69) is 18.7 Å². The smallest absolute Gasteiger partial charge is 0.219 e. The third-order valence-electron chi connectivity index (χ3n) is 3.36. The van der Waals surface area contributed by atoms with E-state index in [-0.39, 0.29) is 18.1 Å². The number of nitrogens with zero attached hydrogens (tertiary/aromatic N) is 2. The average molecular weight is 228 g/mol. The van der Waals surface area contributed by atoms with Gasteiger partial charge in [-0.05, 0) is 33.2 Å². The lowest BCUT2D eigenvalue weighted by Gasteiger charge is -2.47. The standard InChI is InChI=1S/C12H24N2O2/c1-11(16)13-7-8-14(6-4-5-9-15)12(2,3)10-13/h15H,4-10H2,1-3H3. The molecule has 1 N–H and O–H groups in total. The predicted molar refractivity (Wildman–Crippen MR) is 64.2 cm³/mol. The van der Waals surface area contributed by atoms with Crippen LogP contribution in [0.5, 0.6) is 0 Å². The van der Waals surface area contributed by atoms with Crippen LogP contribution in [0.4, 0.5) is 0 Å². The van der Waals surface area contributed by atoms with E-state index >= 15 is 0 Å². The normalized spacial score (nSPS) is 21.1. The summed E-state index contributed by atoms with van der Waals surface area (Å²) >= 11 is 0. The summed E-state index contributed by atoms with van der Waals surface area (Å²) in [5.74, 6) is 0.170. The Morgan fingerprint density at radius 2 is 2.00 bits per heavy atom. The number of hydrogen-bond donors (Lipinski definition) is 1. The largest absolute Gasteiger partial charge is 0.396 e. The number of piperazine rings is 1. The van der Waals surface area contributed by atoms with E-state index < -0.39 is 0 Å². The van der Waals surface area contributed by atoms with Gasteiger partial charge in [0.1, 0.15) is 0 Å². The summed E-state index contributed by atoms with van der Waals surface area (Å²) in [6, 6.07) is 0. The second kappa shape index (κ2) is 5.64. The molecule has 0 unspecified atom stereocenters. The van der Waals surface area contributed by atoms with Crippen LogP contribution in [0.3, 0.4) is 0 Å². The fraction of sp³-hybridized carbons (Fsp3) is 0.917. The van der Waals surface area contributed by atoms with Gasteiger partial charge in [0, 0.05) is 38.7 Å². The molecular formula is C12H24N2O2. The van der Waals surface area contributed by atoms with E-state index in [1.807, 2.05) is 4.90 Å². The molecule has 0 saturated carbocycles.